The molecule has 0 unspecified atom stereocenters. The van der Waals surface area contributed by atoms with E-state index in [0.717, 1.165) is 4.90 Å². The summed E-state index contributed by atoms with van der Waals surface area (Å²) in [5, 5.41) is 0. The Hall–Kier alpha value is -3.18. The summed E-state index contributed by atoms with van der Waals surface area (Å²) >= 11 is 0. The van der Waals surface area contributed by atoms with Gasteiger partial charge in [-0.25, -0.2) is 13.2 Å². The molecule has 0 fully saturated rings. The second-order valence-electron chi connectivity index (χ2n) is 10.4. The minimum atomic E-state index is -2.35. The van der Waals surface area contributed by atoms with Gasteiger partial charge in [0.05, 0.1) is 145 Å². The Balaban J connectivity index is 1.21. The van der Waals surface area contributed by atoms with Crippen molar-refractivity contribution in [2.24, 2.45) is 0 Å². The highest BCUT2D eigenvalue weighted by Crippen LogP contribution is 2.29. The van der Waals surface area contributed by atoms with E-state index in [2.05, 4.69) is 4.74 Å². The summed E-state index contributed by atoms with van der Waals surface area (Å²) in [7, 11) is 0. The van der Waals surface area contributed by atoms with Crippen LogP contribution < -0.4 is 4.74 Å². The maximum absolute atomic E-state index is 13.5. The number of rotatable bonds is 34. The fourth-order valence-corrected chi connectivity index (χ4v) is 3.88. The third kappa shape index (κ3) is 20.2. The molecule has 1 heterocycles. The fraction of sp³-hybridized carbons (Fsp3) is 0.667. The maximum Gasteiger partial charge on any atom is 0.313 e. The molecule has 2 rings (SSSR count). The van der Waals surface area contributed by atoms with Crippen molar-refractivity contribution in [2.75, 3.05) is 139 Å². The molecule has 1 aliphatic rings. The van der Waals surface area contributed by atoms with Gasteiger partial charge in [0, 0.05) is 12.2 Å². The first-order chi connectivity index (χ1) is 25.7. The number of carbonyl (C=O) groups excluding carboxylic acids is 3. The van der Waals surface area contributed by atoms with E-state index in [-0.39, 0.29) is 51.4 Å². The number of halogens is 5. The molecule has 53 heavy (non-hydrogen) atoms. The van der Waals surface area contributed by atoms with Gasteiger partial charge in [-0.05, 0) is 0 Å². The normalized spacial score (nSPS) is 12.8. The molecule has 0 spiro atoms. The molecule has 0 N–H and O–H groups in total. The zero-order valence-electron chi connectivity index (χ0n) is 29.3. The first kappa shape index (κ1) is 46.0. The molecule has 1 aliphatic heterocycles. The van der Waals surface area contributed by atoms with E-state index >= 15 is 0 Å². The van der Waals surface area contributed by atoms with Gasteiger partial charge in [-0.2, -0.15) is 8.78 Å². The monoisotopic (exact) mass is 775 g/mol. The number of hydrogen-bond acceptors (Lipinski definition) is 14. The summed E-state index contributed by atoms with van der Waals surface area (Å²) in [5.74, 6) is -14.8. The van der Waals surface area contributed by atoms with Gasteiger partial charge in [-0.3, -0.25) is 19.3 Å². The molecule has 1 aromatic carbocycles. The molecule has 1 aromatic rings. The molecular weight excluding hydrogens is 729 g/mol. The van der Waals surface area contributed by atoms with E-state index in [1.807, 2.05) is 0 Å². The predicted molar refractivity (Wildman–Crippen MR) is 171 cm³/mol. The van der Waals surface area contributed by atoms with E-state index in [9.17, 15) is 36.3 Å². The Labute approximate surface area is 303 Å². The minimum absolute atomic E-state index is 0.0716. The van der Waals surface area contributed by atoms with Crippen LogP contribution in [0.25, 0.3) is 0 Å². The van der Waals surface area contributed by atoms with E-state index < -0.39 is 47.2 Å². The van der Waals surface area contributed by atoms with Crippen molar-refractivity contribution >= 4 is 17.8 Å². The SMILES string of the molecule is O=C(CCOCCOCCOCCOCCOCCOCCOCCOCCOCCOCCN1C(=O)C=CC1=O)Oc1c(F)c(F)c(F)c(F)c1F. The van der Waals surface area contributed by atoms with Gasteiger partial charge < -0.3 is 52.1 Å². The predicted octanol–water partition coefficient (Wildman–Crippen LogP) is 1.77. The van der Waals surface area contributed by atoms with Crippen LogP contribution in [-0.2, 0) is 61.8 Å². The van der Waals surface area contributed by atoms with Gasteiger partial charge >= 0.3 is 5.97 Å². The second kappa shape index (κ2) is 29.2. The van der Waals surface area contributed by atoms with Crippen molar-refractivity contribution in [1.82, 2.24) is 4.90 Å². The molecule has 0 saturated heterocycles. The Morgan fingerprint density at radius 2 is 0.679 bits per heavy atom. The van der Waals surface area contributed by atoms with Gasteiger partial charge in [-0.1, -0.05) is 0 Å². The average Bonchev–Trinajstić information content (AvgIpc) is 3.47. The van der Waals surface area contributed by atoms with Crippen LogP contribution in [0, 0.1) is 29.1 Å². The van der Waals surface area contributed by atoms with Crippen molar-refractivity contribution < 1.29 is 88.4 Å². The Kier molecular flexibility index (Phi) is 25.3. The Morgan fingerprint density at radius 1 is 0.415 bits per heavy atom. The molecule has 0 aliphatic carbocycles. The Bertz CT molecular complexity index is 1200. The highest BCUT2D eigenvalue weighted by Gasteiger charge is 2.28. The number of carbonyl (C=O) groups is 3. The lowest BCUT2D eigenvalue weighted by molar-refractivity contribution is -0.138. The van der Waals surface area contributed by atoms with E-state index in [1.54, 1.807) is 0 Å². The van der Waals surface area contributed by atoms with Gasteiger partial charge in [0.15, 0.2) is 0 Å². The average molecular weight is 776 g/mol. The zero-order chi connectivity index (χ0) is 38.5. The zero-order valence-corrected chi connectivity index (χ0v) is 29.3. The van der Waals surface area contributed by atoms with Crippen molar-refractivity contribution in [3.8, 4) is 5.75 Å². The standard InChI is InChI=1S/C33H46F5NO14/c34-28-29(35)31(37)33(32(38)30(28)36)53-27(42)3-5-43-7-9-45-11-13-47-15-17-49-19-21-51-23-24-52-22-20-50-18-16-48-14-12-46-10-8-44-6-4-39-25(40)1-2-26(39)41/h1-2H,3-24H2. The third-order valence-corrected chi connectivity index (χ3v) is 6.54. The van der Waals surface area contributed by atoms with E-state index in [4.69, 9.17) is 47.4 Å². The van der Waals surface area contributed by atoms with E-state index in [0.29, 0.717) is 99.1 Å². The molecule has 0 bridgehead atoms. The molecule has 20 heteroatoms. The number of benzene rings is 1. The number of nitrogens with zero attached hydrogens (tertiary/aromatic N) is 1. The Morgan fingerprint density at radius 3 is 1.00 bits per heavy atom. The molecule has 0 atom stereocenters. The minimum Gasteiger partial charge on any atom is -0.420 e. The molecule has 2 amide bonds. The number of amides is 2. The first-order valence-electron chi connectivity index (χ1n) is 16.8. The largest absolute Gasteiger partial charge is 0.420 e. The van der Waals surface area contributed by atoms with Crippen LogP contribution in [0.3, 0.4) is 0 Å². The second-order valence-corrected chi connectivity index (χ2v) is 10.4. The smallest absolute Gasteiger partial charge is 0.313 e. The molecule has 0 saturated carbocycles. The van der Waals surface area contributed by atoms with Crippen LogP contribution >= 0.6 is 0 Å². The van der Waals surface area contributed by atoms with Gasteiger partial charge in [0.25, 0.3) is 11.8 Å². The van der Waals surface area contributed by atoms with Crippen LogP contribution in [0.4, 0.5) is 22.0 Å². The van der Waals surface area contributed by atoms with Crippen molar-refractivity contribution in [3.05, 3.63) is 41.2 Å². The van der Waals surface area contributed by atoms with Crippen LogP contribution in [0.2, 0.25) is 0 Å². The van der Waals surface area contributed by atoms with Crippen molar-refractivity contribution in [1.29, 1.82) is 0 Å². The highest BCUT2D eigenvalue weighted by atomic mass is 19.2. The topological polar surface area (TPSA) is 156 Å². The summed E-state index contributed by atoms with van der Waals surface area (Å²) in [6.07, 6.45) is 1.98. The van der Waals surface area contributed by atoms with Gasteiger partial charge in [0.2, 0.25) is 34.8 Å². The summed E-state index contributed by atoms with van der Waals surface area (Å²) in [6.45, 7) is 6.57. The third-order valence-electron chi connectivity index (χ3n) is 6.54. The van der Waals surface area contributed by atoms with E-state index in [1.165, 1.54) is 12.2 Å². The summed E-state index contributed by atoms with van der Waals surface area (Å²) < 4.78 is 124. The molecule has 0 aromatic heterocycles. The number of imide groups is 1. The van der Waals surface area contributed by atoms with Crippen LogP contribution in [0.1, 0.15) is 6.42 Å². The molecule has 0 radical (unpaired) electrons. The molecular formula is C33H46F5NO14. The fourth-order valence-electron chi connectivity index (χ4n) is 3.88. The van der Waals surface area contributed by atoms with Crippen molar-refractivity contribution in [3.63, 3.8) is 0 Å². The number of hydrogen-bond donors (Lipinski definition) is 0. The highest BCUT2D eigenvalue weighted by molar-refractivity contribution is 6.12. The first-order valence-corrected chi connectivity index (χ1v) is 16.8. The van der Waals surface area contributed by atoms with Crippen LogP contribution in [-0.4, -0.2) is 161 Å². The molecule has 302 valence electrons. The lowest BCUT2D eigenvalue weighted by Gasteiger charge is -2.13. The van der Waals surface area contributed by atoms with Gasteiger partial charge in [0.1, 0.15) is 0 Å². The number of esters is 1. The lowest BCUT2D eigenvalue weighted by atomic mass is 10.2. The van der Waals surface area contributed by atoms with Crippen LogP contribution in [0.15, 0.2) is 12.2 Å². The summed E-state index contributed by atoms with van der Waals surface area (Å²) in [6, 6.07) is 0. The quantitative estimate of drug-likeness (QED) is 0.0190. The van der Waals surface area contributed by atoms with Crippen molar-refractivity contribution in [2.45, 2.75) is 6.42 Å². The lowest BCUT2D eigenvalue weighted by Crippen LogP contribution is -2.33. The maximum atomic E-state index is 13.5. The number of ether oxygens (including phenoxy) is 11. The molecule has 15 nitrogen and oxygen atoms in total. The summed E-state index contributed by atoms with van der Waals surface area (Å²) in [4.78, 5) is 35.6. The summed E-state index contributed by atoms with van der Waals surface area (Å²) in [5.41, 5.74) is 0. The van der Waals surface area contributed by atoms with Crippen LogP contribution in [0.5, 0.6) is 5.75 Å². The van der Waals surface area contributed by atoms with Gasteiger partial charge in [-0.15, -0.1) is 0 Å².